The molecule has 0 saturated heterocycles. The molecule has 30 heavy (non-hydrogen) atoms. The van der Waals surface area contributed by atoms with Gasteiger partial charge in [-0.1, -0.05) is 11.6 Å². The van der Waals surface area contributed by atoms with Crippen LogP contribution >= 0.6 is 11.6 Å². The molecular weight excluding hydrogens is 423 g/mol. The van der Waals surface area contributed by atoms with E-state index in [1.54, 1.807) is 37.6 Å². The molecule has 2 amide bonds. The van der Waals surface area contributed by atoms with Gasteiger partial charge in [0.2, 0.25) is 11.8 Å². The first kappa shape index (κ1) is 22.1. The summed E-state index contributed by atoms with van der Waals surface area (Å²) in [6.45, 7) is 2.14. The first-order chi connectivity index (χ1) is 14.2. The fraction of sp³-hybridized carbons (Fsp3) is 0.474. The van der Waals surface area contributed by atoms with Gasteiger partial charge in [-0.3, -0.25) is 14.6 Å². The highest BCUT2D eigenvalue weighted by molar-refractivity contribution is 6.32. The lowest BCUT2D eigenvalue weighted by atomic mass is 10.1. The Hall–Kier alpha value is -2.62. The summed E-state index contributed by atoms with van der Waals surface area (Å²) in [5.74, 6) is -1.69. The van der Waals surface area contributed by atoms with Crippen molar-refractivity contribution in [3.05, 3.63) is 35.9 Å². The van der Waals surface area contributed by atoms with Crippen molar-refractivity contribution < 1.29 is 22.8 Å². The number of nitrogens with zero attached hydrogens (tertiary/aromatic N) is 4. The molecule has 1 N–H and O–H groups in total. The highest BCUT2D eigenvalue weighted by Gasteiger charge is 2.36. The second-order valence-electron chi connectivity index (χ2n) is 7.11. The number of carbonyl (C=O) groups is 2. The van der Waals surface area contributed by atoms with Crippen LogP contribution in [-0.2, 0) is 9.59 Å². The van der Waals surface area contributed by atoms with Crippen LogP contribution in [0, 0.1) is 5.92 Å². The van der Waals surface area contributed by atoms with Crippen molar-refractivity contribution in [3.8, 4) is 5.69 Å². The molecule has 2 heterocycles. The van der Waals surface area contributed by atoms with Crippen LogP contribution in [0.3, 0.4) is 0 Å². The maximum atomic E-state index is 13.1. The van der Waals surface area contributed by atoms with Crippen molar-refractivity contribution in [1.82, 2.24) is 20.1 Å². The third kappa shape index (κ3) is 5.29. The van der Waals surface area contributed by atoms with Crippen LogP contribution in [0.4, 0.5) is 18.9 Å². The summed E-state index contributed by atoms with van der Waals surface area (Å²) in [4.78, 5) is 30.1. The molecule has 0 radical (unpaired) electrons. The minimum absolute atomic E-state index is 0.155. The molecule has 1 aliphatic carbocycles. The molecule has 3 rings (SSSR count). The molecule has 11 heteroatoms. The first-order valence-electron chi connectivity index (χ1n) is 9.51. The zero-order valence-corrected chi connectivity index (χ0v) is 17.0. The Morgan fingerprint density at radius 3 is 2.77 bits per heavy atom. The van der Waals surface area contributed by atoms with E-state index in [0.29, 0.717) is 30.8 Å². The van der Waals surface area contributed by atoms with Crippen molar-refractivity contribution in [2.75, 3.05) is 11.4 Å². The fourth-order valence-electron chi connectivity index (χ4n) is 3.61. The summed E-state index contributed by atoms with van der Waals surface area (Å²) in [7, 11) is 0. The lowest BCUT2D eigenvalue weighted by Gasteiger charge is -2.23. The smallest absolute Gasteiger partial charge is 0.353 e. The zero-order chi connectivity index (χ0) is 21.9. The van der Waals surface area contributed by atoms with Gasteiger partial charge in [-0.05, 0) is 38.3 Å². The number of anilines is 1. The van der Waals surface area contributed by atoms with Crippen LogP contribution < -0.4 is 10.2 Å². The number of aromatic nitrogens is 3. The predicted molar refractivity (Wildman–Crippen MR) is 104 cm³/mol. The van der Waals surface area contributed by atoms with Gasteiger partial charge in [0.15, 0.2) is 5.15 Å². The quantitative estimate of drug-likeness (QED) is 0.741. The van der Waals surface area contributed by atoms with E-state index in [2.05, 4.69) is 15.4 Å². The summed E-state index contributed by atoms with van der Waals surface area (Å²) in [6, 6.07) is 3.09. The van der Waals surface area contributed by atoms with Gasteiger partial charge in [0.25, 0.3) is 0 Å². The van der Waals surface area contributed by atoms with E-state index < -0.39 is 30.5 Å². The first-order valence-corrected chi connectivity index (χ1v) is 9.88. The maximum Gasteiger partial charge on any atom is 0.397 e. The average Bonchev–Trinajstić information content (AvgIpc) is 3.29. The molecule has 162 valence electrons. The van der Waals surface area contributed by atoms with Crippen LogP contribution in [0.1, 0.15) is 32.6 Å². The van der Waals surface area contributed by atoms with Crippen molar-refractivity contribution in [3.63, 3.8) is 0 Å². The van der Waals surface area contributed by atoms with Crippen molar-refractivity contribution in [1.29, 1.82) is 0 Å². The topological polar surface area (TPSA) is 80.1 Å². The monoisotopic (exact) mass is 443 g/mol. The number of amides is 2. The second-order valence-corrected chi connectivity index (χ2v) is 7.47. The Morgan fingerprint density at radius 1 is 1.37 bits per heavy atom. The number of carbonyl (C=O) groups excluding carboxylic acids is 2. The minimum atomic E-state index is -4.55. The van der Waals surface area contributed by atoms with E-state index in [-0.39, 0.29) is 17.5 Å². The van der Waals surface area contributed by atoms with Crippen molar-refractivity contribution in [2.45, 2.75) is 44.8 Å². The van der Waals surface area contributed by atoms with E-state index in [1.165, 1.54) is 9.58 Å². The molecule has 0 aromatic carbocycles. The third-order valence-electron chi connectivity index (χ3n) is 4.94. The largest absolute Gasteiger partial charge is 0.397 e. The summed E-state index contributed by atoms with van der Waals surface area (Å²) >= 11 is 6.27. The van der Waals surface area contributed by atoms with Crippen molar-refractivity contribution >= 4 is 29.1 Å². The van der Waals surface area contributed by atoms with E-state index in [4.69, 9.17) is 11.6 Å². The molecule has 0 aliphatic heterocycles. The Bertz CT molecular complexity index is 903. The molecule has 7 nitrogen and oxygen atoms in total. The average molecular weight is 444 g/mol. The Labute approximate surface area is 176 Å². The molecule has 1 fully saturated rings. The summed E-state index contributed by atoms with van der Waals surface area (Å²) < 4.78 is 38.5. The van der Waals surface area contributed by atoms with Gasteiger partial charge in [0, 0.05) is 24.7 Å². The molecule has 2 aromatic rings. The molecule has 2 atom stereocenters. The number of hydrogen-bond donors (Lipinski definition) is 1. The fourth-order valence-corrected chi connectivity index (χ4v) is 3.84. The van der Waals surface area contributed by atoms with Gasteiger partial charge >= 0.3 is 6.18 Å². The highest BCUT2D eigenvalue weighted by Crippen LogP contribution is 2.32. The van der Waals surface area contributed by atoms with Crippen LogP contribution in [0.2, 0.25) is 5.15 Å². The van der Waals surface area contributed by atoms with Gasteiger partial charge in [0.05, 0.1) is 18.1 Å². The SMILES string of the molecule is CCN(C(=O)C1CCC(NC(=O)CC(F)(F)F)C1)c1cn(-c2cccnc2)nc1Cl. The van der Waals surface area contributed by atoms with E-state index in [1.807, 2.05) is 0 Å². The van der Waals surface area contributed by atoms with Gasteiger partial charge in [-0.2, -0.15) is 18.3 Å². The molecule has 2 aromatic heterocycles. The maximum absolute atomic E-state index is 13.1. The van der Waals surface area contributed by atoms with E-state index in [9.17, 15) is 22.8 Å². The van der Waals surface area contributed by atoms with Crippen LogP contribution in [0.15, 0.2) is 30.7 Å². The summed E-state index contributed by atoms with van der Waals surface area (Å²) in [6.07, 6.45) is -0.00128. The molecule has 0 bridgehead atoms. The number of rotatable bonds is 6. The lowest BCUT2D eigenvalue weighted by molar-refractivity contribution is -0.154. The third-order valence-corrected chi connectivity index (χ3v) is 5.21. The number of alkyl halides is 3. The molecule has 1 saturated carbocycles. The number of hydrogen-bond acceptors (Lipinski definition) is 4. The normalized spacial score (nSPS) is 19.0. The number of halogens is 4. The molecule has 0 spiro atoms. The standard InChI is InChI=1S/C19H21ClF3N5O2/c1-2-27(15-11-28(26-17(15)20)14-4-3-7-24-10-14)18(30)12-5-6-13(8-12)25-16(29)9-19(21,22)23/h3-4,7,10-13H,2,5-6,8-9H2,1H3,(H,25,29). The Balaban J connectivity index is 1.67. The zero-order valence-electron chi connectivity index (χ0n) is 16.2. The van der Waals surface area contributed by atoms with Crippen LogP contribution in [0.25, 0.3) is 5.69 Å². The summed E-state index contributed by atoms with van der Waals surface area (Å²) in [5.41, 5.74) is 1.13. The van der Waals surface area contributed by atoms with E-state index in [0.717, 1.165) is 0 Å². The minimum Gasteiger partial charge on any atom is -0.353 e. The predicted octanol–water partition coefficient (Wildman–Crippen LogP) is 3.51. The summed E-state index contributed by atoms with van der Waals surface area (Å²) in [5, 5.41) is 6.76. The number of pyridine rings is 1. The Kier molecular flexibility index (Phi) is 6.64. The molecule has 2 unspecified atom stereocenters. The molecule has 1 aliphatic rings. The van der Waals surface area contributed by atoms with Gasteiger partial charge in [-0.15, -0.1) is 0 Å². The molecular formula is C19H21ClF3N5O2. The van der Waals surface area contributed by atoms with E-state index >= 15 is 0 Å². The highest BCUT2D eigenvalue weighted by atomic mass is 35.5. The van der Waals surface area contributed by atoms with Crippen molar-refractivity contribution in [2.24, 2.45) is 5.92 Å². The van der Waals surface area contributed by atoms with Crippen LogP contribution in [-0.4, -0.2) is 45.3 Å². The second kappa shape index (κ2) is 9.03. The van der Waals surface area contributed by atoms with Crippen LogP contribution in [0.5, 0.6) is 0 Å². The lowest BCUT2D eigenvalue weighted by Crippen LogP contribution is -2.38. The Morgan fingerprint density at radius 2 is 2.13 bits per heavy atom. The van der Waals surface area contributed by atoms with Gasteiger partial charge in [-0.25, -0.2) is 4.68 Å². The number of nitrogens with one attached hydrogen (secondary N) is 1. The van der Waals surface area contributed by atoms with Gasteiger partial charge in [0.1, 0.15) is 12.1 Å². The van der Waals surface area contributed by atoms with Gasteiger partial charge < -0.3 is 10.2 Å².